The number of carbonyl (C=O) groups excluding carboxylic acids is 2. The minimum Gasteiger partial charge on any atom is -0.495 e. The Labute approximate surface area is 117 Å². The molecule has 1 aliphatic heterocycles. The number of nitrogens with one attached hydrogen (secondary N) is 1. The van der Waals surface area contributed by atoms with Crippen LogP contribution in [0.15, 0.2) is 17.1 Å². The van der Waals surface area contributed by atoms with Crippen molar-refractivity contribution >= 4 is 17.7 Å². The van der Waals surface area contributed by atoms with Crippen molar-refractivity contribution in [3.8, 4) is 5.75 Å². The number of amides is 1. The fourth-order valence-electron chi connectivity index (χ4n) is 3.25. The number of isocyanates is 1. The Morgan fingerprint density at radius 3 is 2.75 bits per heavy atom. The van der Waals surface area contributed by atoms with E-state index in [1.807, 2.05) is 12.1 Å². The molecule has 0 unspecified atom stereocenters. The van der Waals surface area contributed by atoms with E-state index in [-0.39, 0.29) is 5.91 Å². The number of hydrogen-bond acceptors (Lipinski definition) is 4. The average Bonchev–Trinajstić information content (AvgIpc) is 3.04. The van der Waals surface area contributed by atoms with Gasteiger partial charge in [-0.15, -0.1) is 0 Å². The van der Waals surface area contributed by atoms with E-state index in [1.165, 1.54) is 0 Å². The number of rotatable bonds is 3. The van der Waals surface area contributed by atoms with E-state index < -0.39 is 5.54 Å². The molecule has 3 rings (SSSR count). The summed E-state index contributed by atoms with van der Waals surface area (Å²) < 4.78 is 5.37. The molecule has 1 aromatic carbocycles. The SMILES string of the molecule is COc1cc(C2(N=C=O)CCCC2)cc2c1NC(=O)C2. The van der Waals surface area contributed by atoms with E-state index in [0.717, 1.165) is 42.5 Å². The predicted molar refractivity (Wildman–Crippen MR) is 73.6 cm³/mol. The Balaban J connectivity index is 2.13. The van der Waals surface area contributed by atoms with E-state index in [1.54, 1.807) is 13.2 Å². The molecule has 2 aliphatic rings. The van der Waals surface area contributed by atoms with Crippen LogP contribution >= 0.6 is 0 Å². The van der Waals surface area contributed by atoms with Gasteiger partial charge in [0.1, 0.15) is 5.75 Å². The lowest BCUT2D eigenvalue weighted by atomic mass is 9.87. The molecule has 1 N–H and O–H groups in total. The van der Waals surface area contributed by atoms with E-state index in [4.69, 9.17) is 4.74 Å². The first-order valence-corrected chi connectivity index (χ1v) is 6.79. The Morgan fingerprint density at radius 1 is 1.35 bits per heavy atom. The van der Waals surface area contributed by atoms with Crippen molar-refractivity contribution in [1.82, 2.24) is 0 Å². The second-order valence-corrected chi connectivity index (χ2v) is 5.38. The van der Waals surface area contributed by atoms with Gasteiger partial charge < -0.3 is 10.1 Å². The summed E-state index contributed by atoms with van der Waals surface area (Å²) in [5.74, 6) is 0.602. The van der Waals surface area contributed by atoms with Gasteiger partial charge in [-0.05, 0) is 30.0 Å². The summed E-state index contributed by atoms with van der Waals surface area (Å²) in [5.41, 5.74) is 2.11. The molecule has 0 aromatic heterocycles. The molecule has 0 saturated heterocycles. The highest BCUT2D eigenvalue weighted by Gasteiger charge is 2.37. The standard InChI is InChI=1S/C15H16N2O3/c1-20-12-8-11(6-10-7-13(19)17-14(10)12)15(16-9-18)4-2-3-5-15/h6,8H,2-5,7H2,1H3,(H,17,19). The molecule has 20 heavy (non-hydrogen) atoms. The molecule has 0 atom stereocenters. The molecule has 1 aromatic rings. The third-order valence-corrected chi connectivity index (χ3v) is 4.25. The van der Waals surface area contributed by atoms with Gasteiger partial charge in [-0.3, -0.25) is 4.79 Å². The smallest absolute Gasteiger partial charge is 0.235 e. The Kier molecular flexibility index (Phi) is 3.07. The van der Waals surface area contributed by atoms with Gasteiger partial charge in [0, 0.05) is 0 Å². The van der Waals surface area contributed by atoms with Crippen LogP contribution in [0.2, 0.25) is 0 Å². The van der Waals surface area contributed by atoms with Crippen molar-refractivity contribution in [2.24, 2.45) is 4.99 Å². The normalized spacial score (nSPS) is 19.1. The molecule has 1 aliphatic carbocycles. The molecule has 5 nitrogen and oxygen atoms in total. The van der Waals surface area contributed by atoms with Crippen molar-refractivity contribution in [2.75, 3.05) is 12.4 Å². The van der Waals surface area contributed by atoms with Gasteiger partial charge in [0.2, 0.25) is 12.0 Å². The summed E-state index contributed by atoms with van der Waals surface area (Å²) in [6, 6.07) is 3.86. The Morgan fingerprint density at radius 2 is 2.10 bits per heavy atom. The molecule has 0 radical (unpaired) electrons. The minimum atomic E-state index is -0.490. The van der Waals surface area contributed by atoms with E-state index in [0.29, 0.717) is 12.2 Å². The van der Waals surface area contributed by atoms with Crippen molar-refractivity contribution in [3.63, 3.8) is 0 Å². The lowest BCUT2D eigenvalue weighted by Gasteiger charge is -2.24. The summed E-state index contributed by atoms with van der Waals surface area (Å²) in [4.78, 5) is 26.4. The molecule has 1 saturated carbocycles. The number of aliphatic imine (C=N–C) groups is 1. The maximum Gasteiger partial charge on any atom is 0.235 e. The third-order valence-electron chi connectivity index (χ3n) is 4.25. The Bertz CT molecular complexity index is 612. The zero-order chi connectivity index (χ0) is 14.2. The second-order valence-electron chi connectivity index (χ2n) is 5.38. The van der Waals surface area contributed by atoms with Gasteiger partial charge in [-0.2, -0.15) is 4.99 Å². The van der Waals surface area contributed by atoms with Gasteiger partial charge in [0.15, 0.2) is 0 Å². The van der Waals surface area contributed by atoms with Crippen LogP contribution in [0.5, 0.6) is 5.75 Å². The van der Waals surface area contributed by atoms with Crippen LogP contribution in [0.4, 0.5) is 5.69 Å². The van der Waals surface area contributed by atoms with Gasteiger partial charge in [0.05, 0.1) is 24.8 Å². The minimum absolute atomic E-state index is 0.0326. The van der Waals surface area contributed by atoms with Crippen LogP contribution in [0.25, 0.3) is 0 Å². The van der Waals surface area contributed by atoms with Crippen LogP contribution in [0.3, 0.4) is 0 Å². The Hall–Kier alpha value is -2.13. The number of benzene rings is 1. The van der Waals surface area contributed by atoms with Crippen molar-refractivity contribution < 1.29 is 14.3 Å². The summed E-state index contributed by atoms with van der Waals surface area (Å²) in [5, 5.41) is 2.81. The molecule has 104 valence electrons. The first kappa shape index (κ1) is 12.9. The second kappa shape index (κ2) is 4.76. The summed E-state index contributed by atoms with van der Waals surface area (Å²) in [7, 11) is 1.58. The average molecular weight is 272 g/mol. The number of methoxy groups -OCH3 is 1. The van der Waals surface area contributed by atoms with Gasteiger partial charge in [-0.1, -0.05) is 18.9 Å². The number of carbonyl (C=O) groups is 1. The number of ether oxygens (including phenoxy) is 1. The highest BCUT2D eigenvalue weighted by atomic mass is 16.5. The lowest BCUT2D eigenvalue weighted by Crippen LogP contribution is -2.19. The topological polar surface area (TPSA) is 67.8 Å². The molecule has 0 bridgehead atoms. The first-order valence-electron chi connectivity index (χ1n) is 6.79. The van der Waals surface area contributed by atoms with Gasteiger partial charge in [0.25, 0.3) is 0 Å². The van der Waals surface area contributed by atoms with Gasteiger partial charge in [-0.25, -0.2) is 4.79 Å². The lowest BCUT2D eigenvalue weighted by molar-refractivity contribution is -0.115. The van der Waals surface area contributed by atoms with E-state index in [9.17, 15) is 9.59 Å². The zero-order valence-electron chi connectivity index (χ0n) is 11.4. The molecule has 1 heterocycles. The molecular weight excluding hydrogens is 256 g/mol. The highest BCUT2D eigenvalue weighted by molar-refractivity contribution is 6.01. The van der Waals surface area contributed by atoms with Crippen LogP contribution in [0.1, 0.15) is 36.8 Å². The fraction of sp³-hybridized carbons (Fsp3) is 0.467. The first-order chi connectivity index (χ1) is 9.68. The molecule has 1 amide bonds. The summed E-state index contributed by atoms with van der Waals surface area (Å²) in [6.45, 7) is 0. The maximum absolute atomic E-state index is 11.6. The monoisotopic (exact) mass is 272 g/mol. The summed E-state index contributed by atoms with van der Waals surface area (Å²) >= 11 is 0. The highest BCUT2D eigenvalue weighted by Crippen LogP contribution is 2.46. The van der Waals surface area contributed by atoms with Crippen LogP contribution < -0.4 is 10.1 Å². The number of nitrogens with zero attached hydrogens (tertiary/aromatic N) is 1. The van der Waals surface area contributed by atoms with Crippen molar-refractivity contribution in [3.05, 3.63) is 23.3 Å². The number of anilines is 1. The van der Waals surface area contributed by atoms with Crippen LogP contribution in [-0.2, 0) is 21.5 Å². The molecule has 0 spiro atoms. The van der Waals surface area contributed by atoms with Crippen molar-refractivity contribution in [1.29, 1.82) is 0 Å². The molecule has 5 heteroatoms. The van der Waals surface area contributed by atoms with E-state index >= 15 is 0 Å². The largest absolute Gasteiger partial charge is 0.495 e. The third kappa shape index (κ3) is 1.91. The van der Waals surface area contributed by atoms with Crippen molar-refractivity contribution in [2.45, 2.75) is 37.6 Å². The zero-order valence-corrected chi connectivity index (χ0v) is 11.4. The maximum atomic E-state index is 11.6. The van der Waals surface area contributed by atoms with Crippen LogP contribution in [-0.4, -0.2) is 19.1 Å². The number of hydrogen-bond donors (Lipinski definition) is 1. The molecule has 1 fully saturated rings. The molecular formula is C15H16N2O3. The van der Waals surface area contributed by atoms with E-state index in [2.05, 4.69) is 10.3 Å². The predicted octanol–water partition coefficient (Wildman–Crippen LogP) is 2.29. The fourth-order valence-corrected chi connectivity index (χ4v) is 3.25. The van der Waals surface area contributed by atoms with Gasteiger partial charge >= 0.3 is 0 Å². The number of fused-ring (bicyclic) bond motifs is 1. The quantitative estimate of drug-likeness (QED) is 0.678. The van der Waals surface area contributed by atoms with Crippen LogP contribution in [0, 0.1) is 0 Å². The summed E-state index contributed by atoms with van der Waals surface area (Å²) in [6.07, 6.45) is 5.83.